The van der Waals surface area contributed by atoms with Gasteiger partial charge in [-0.05, 0) is 62.5 Å². The lowest BCUT2D eigenvalue weighted by atomic mass is 9.89. The van der Waals surface area contributed by atoms with Crippen LogP contribution in [0.2, 0.25) is 0 Å². The van der Waals surface area contributed by atoms with Crippen LogP contribution in [-0.4, -0.2) is 34.5 Å². The summed E-state index contributed by atoms with van der Waals surface area (Å²) in [6.07, 6.45) is 10.7. The maximum atomic E-state index is 4.40. The van der Waals surface area contributed by atoms with E-state index in [9.17, 15) is 0 Å². The minimum Gasteiger partial charge on any atom is -0.346 e. The van der Waals surface area contributed by atoms with Crippen molar-refractivity contribution in [1.29, 1.82) is 0 Å². The number of unbranched alkanes of at least 4 members (excludes halogenated alkanes) is 2. The fraction of sp³-hybridized carbons (Fsp3) is 0.588. The van der Waals surface area contributed by atoms with Gasteiger partial charge in [-0.15, -0.1) is 0 Å². The van der Waals surface area contributed by atoms with Crippen LogP contribution < -0.4 is 0 Å². The molecule has 2 aromatic heterocycles. The summed E-state index contributed by atoms with van der Waals surface area (Å²) in [5, 5.41) is 1.32. The van der Waals surface area contributed by atoms with E-state index in [1.807, 2.05) is 12.3 Å². The number of aromatic nitrogens is 2. The molecule has 3 heteroatoms. The molecule has 20 heavy (non-hydrogen) atoms. The molecular formula is C17H25N3. The number of H-pyrrole nitrogens is 1. The number of hydrogen-bond donors (Lipinski definition) is 1. The Kier molecular flexibility index (Phi) is 4.36. The zero-order valence-electron chi connectivity index (χ0n) is 12.4. The van der Waals surface area contributed by atoms with Gasteiger partial charge in [-0.1, -0.05) is 19.8 Å². The van der Waals surface area contributed by atoms with E-state index in [1.165, 1.54) is 62.7 Å². The molecule has 108 valence electrons. The fourth-order valence-corrected chi connectivity index (χ4v) is 3.37. The molecule has 1 fully saturated rings. The van der Waals surface area contributed by atoms with Crippen LogP contribution in [0.1, 0.15) is 50.5 Å². The van der Waals surface area contributed by atoms with Gasteiger partial charge >= 0.3 is 0 Å². The van der Waals surface area contributed by atoms with Gasteiger partial charge in [-0.25, -0.2) is 4.98 Å². The van der Waals surface area contributed by atoms with E-state index in [4.69, 9.17) is 0 Å². The molecule has 0 radical (unpaired) electrons. The van der Waals surface area contributed by atoms with Gasteiger partial charge < -0.3 is 9.88 Å². The second-order valence-corrected chi connectivity index (χ2v) is 5.97. The predicted molar refractivity (Wildman–Crippen MR) is 84.0 cm³/mol. The molecule has 0 atom stereocenters. The Morgan fingerprint density at radius 3 is 2.95 bits per heavy atom. The molecule has 0 bridgehead atoms. The fourth-order valence-electron chi connectivity index (χ4n) is 3.37. The topological polar surface area (TPSA) is 31.9 Å². The molecule has 0 saturated carbocycles. The lowest BCUT2D eigenvalue weighted by Gasteiger charge is -2.31. The summed E-state index contributed by atoms with van der Waals surface area (Å²) in [6.45, 7) is 6.07. The standard InChI is InChI=1S/C17H25N3/c1-2-3-4-10-20-11-7-14(8-12-20)16-13-19-17-15(16)6-5-9-18-17/h5-6,9,13-14H,2-4,7-8,10-12H2,1H3,(H,18,19). The summed E-state index contributed by atoms with van der Waals surface area (Å²) >= 11 is 0. The van der Waals surface area contributed by atoms with Gasteiger partial charge in [0.25, 0.3) is 0 Å². The number of pyridine rings is 1. The van der Waals surface area contributed by atoms with Crippen molar-refractivity contribution in [3.8, 4) is 0 Å². The van der Waals surface area contributed by atoms with Crippen molar-refractivity contribution in [2.24, 2.45) is 0 Å². The average Bonchev–Trinajstić information content (AvgIpc) is 2.92. The maximum absolute atomic E-state index is 4.40. The lowest BCUT2D eigenvalue weighted by molar-refractivity contribution is 0.209. The highest BCUT2D eigenvalue weighted by Gasteiger charge is 2.22. The van der Waals surface area contributed by atoms with Crippen LogP contribution in [-0.2, 0) is 0 Å². The molecule has 0 aromatic carbocycles. The normalized spacial score (nSPS) is 17.9. The van der Waals surface area contributed by atoms with Crippen molar-refractivity contribution in [3.63, 3.8) is 0 Å². The van der Waals surface area contributed by atoms with Gasteiger partial charge in [0.1, 0.15) is 5.65 Å². The summed E-state index contributed by atoms with van der Waals surface area (Å²) in [4.78, 5) is 10.3. The van der Waals surface area contributed by atoms with E-state index in [0.717, 1.165) is 5.65 Å². The Morgan fingerprint density at radius 2 is 2.15 bits per heavy atom. The third-order valence-corrected chi connectivity index (χ3v) is 4.59. The molecule has 0 unspecified atom stereocenters. The van der Waals surface area contributed by atoms with E-state index in [0.29, 0.717) is 5.92 Å². The van der Waals surface area contributed by atoms with E-state index in [1.54, 1.807) is 0 Å². The van der Waals surface area contributed by atoms with Gasteiger partial charge in [-0.2, -0.15) is 0 Å². The van der Waals surface area contributed by atoms with Crippen molar-refractivity contribution < 1.29 is 0 Å². The second kappa shape index (κ2) is 6.40. The molecule has 0 spiro atoms. The van der Waals surface area contributed by atoms with Gasteiger partial charge in [0.2, 0.25) is 0 Å². The maximum Gasteiger partial charge on any atom is 0.137 e. The van der Waals surface area contributed by atoms with Gasteiger partial charge in [0.05, 0.1) is 0 Å². The van der Waals surface area contributed by atoms with Gasteiger partial charge in [-0.3, -0.25) is 0 Å². The number of rotatable bonds is 5. The molecule has 1 saturated heterocycles. The average molecular weight is 271 g/mol. The number of nitrogens with zero attached hydrogens (tertiary/aromatic N) is 2. The summed E-state index contributed by atoms with van der Waals surface area (Å²) in [7, 11) is 0. The van der Waals surface area contributed by atoms with Crippen molar-refractivity contribution >= 4 is 11.0 Å². The van der Waals surface area contributed by atoms with Crippen LogP contribution in [0.3, 0.4) is 0 Å². The molecule has 2 aromatic rings. The Hall–Kier alpha value is -1.35. The Balaban J connectivity index is 1.60. The summed E-state index contributed by atoms with van der Waals surface area (Å²) < 4.78 is 0. The first-order chi connectivity index (χ1) is 9.88. The number of hydrogen-bond acceptors (Lipinski definition) is 2. The highest BCUT2D eigenvalue weighted by atomic mass is 15.1. The van der Waals surface area contributed by atoms with Crippen LogP contribution in [0.15, 0.2) is 24.5 Å². The van der Waals surface area contributed by atoms with Crippen molar-refractivity contribution in [1.82, 2.24) is 14.9 Å². The lowest BCUT2D eigenvalue weighted by Crippen LogP contribution is -2.33. The van der Waals surface area contributed by atoms with Crippen LogP contribution >= 0.6 is 0 Å². The van der Waals surface area contributed by atoms with Crippen LogP contribution in [0.4, 0.5) is 0 Å². The molecule has 0 amide bonds. The molecule has 1 aliphatic rings. The minimum absolute atomic E-state index is 0.704. The first-order valence-electron chi connectivity index (χ1n) is 8.03. The minimum atomic E-state index is 0.704. The quantitative estimate of drug-likeness (QED) is 0.835. The smallest absolute Gasteiger partial charge is 0.137 e. The summed E-state index contributed by atoms with van der Waals surface area (Å²) in [6, 6.07) is 4.24. The number of nitrogens with one attached hydrogen (secondary N) is 1. The first-order valence-corrected chi connectivity index (χ1v) is 8.03. The zero-order chi connectivity index (χ0) is 13.8. The molecule has 3 nitrogen and oxygen atoms in total. The van der Waals surface area contributed by atoms with E-state index < -0.39 is 0 Å². The van der Waals surface area contributed by atoms with Crippen LogP contribution in [0, 0.1) is 0 Å². The monoisotopic (exact) mass is 271 g/mol. The van der Waals surface area contributed by atoms with Gasteiger partial charge in [0.15, 0.2) is 0 Å². The van der Waals surface area contributed by atoms with Crippen molar-refractivity contribution in [2.45, 2.75) is 44.9 Å². The molecular weight excluding hydrogens is 246 g/mol. The predicted octanol–water partition coefficient (Wildman–Crippen LogP) is 3.93. The highest BCUT2D eigenvalue weighted by molar-refractivity contribution is 5.80. The van der Waals surface area contributed by atoms with Gasteiger partial charge in [0, 0.05) is 17.8 Å². The molecule has 3 heterocycles. The zero-order valence-corrected chi connectivity index (χ0v) is 12.4. The van der Waals surface area contributed by atoms with E-state index >= 15 is 0 Å². The first kappa shape index (κ1) is 13.6. The Bertz CT molecular complexity index is 538. The van der Waals surface area contributed by atoms with Crippen LogP contribution in [0.5, 0.6) is 0 Å². The third-order valence-electron chi connectivity index (χ3n) is 4.59. The Morgan fingerprint density at radius 1 is 1.30 bits per heavy atom. The second-order valence-electron chi connectivity index (χ2n) is 5.97. The summed E-state index contributed by atoms with van der Waals surface area (Å²) in [5.41, 5.74) is 2.51. The number of aromatic amines is 1. The molecule has 1 aliphatic heterocycles. The van der Waals surface area contributed by atoms with E-state index in [-0.39, 0.29) is 0 Å². The van der Waals surface area contributed by atoms with Crippen molar-refractivity contribution in [3.05, 3.63) is 30.1 Å². The molecule has 3 rings (SSSR count). The number of likely N-dealkylation sites (tertiary alicyclic amines) is 1. The largest absolute Gasteiger partial charge is 0.346 e. The van der Waals surface area contributed by atoms with E-state index in [2.05, 4.69) is 34.1 Å². The SMILES string of the molecule is CCCCCN1CCC(c2c[nH]c3ncccc23)CC1. The third kappa shape index (κ3) is 2.88. The van der Waals surface area contributed by atoms with Crippen LogP contribution in [0.25, 0.3) is 11.0 Å². The number of piperidine rings is 1. The summed E-state index contributed by atoms with van der Waals surface area (Å²) in [5.74, 6) is 0.704. The molecule has 1 N–H and O–H groups in total. The Labute approximate surface area is 121 Å². The molecule has 0 aliphatic carbocycles. The number of fused-ring (bicyclic) bond motifs is 1. The highest BCUT2D eigenvalue weighted by Crippen LogP contribution is 2.32. The van der Waals surface area contributed by atoms with Crippen molar-refractivity contribution in [2.75, 3.05) is 19.6 Å².